The summed E-state index contributed by atoms with van der Waals surface area (Å²) in [5, 5.41) is 13.1. The lowest BCUT2D eigenvalue weighted by Gasteiger charge is -2.10. The topological polar surface area (TPSA) is 69.6 Å². The SMILES string of the molecule is NCc1cccc(CSc2nnnn2C2CCCC2)c1. The van der Waals surface area contributed by atoms with Gasteiger partial charge >= 0.3 is 0 Å². The van der Waals surface area contributed by atoms with Gasteiger partial charge in [-0.2, -0.15) is 0 Å². The summed E-state index contributed by atoms with van der Waals surface area (Å²) in [6.07, 6.45) is 4.96. The van der Waals surface area contributed by atoms with E-state index < -0.39 is 0 Å². The van der Waals surface area contributed by atoms with Gasteiger partial charge in [-0.15, -0.1) is 5.10 Å². The minimum Gasteiger partial charge on any atom is -0.326 e. The molecule has 5 nitrogen and oxygen atoms in total. The van der Waals surface area contributed by atoms with Gasteiger partial charge in [0.1, 0.15) is 0 Å². The predicted molar refractivity (Wildman–Crippen MR) is 79.2 cm³/mol. The summed E-state index contributed by atoms with van der Waals surface area (Å²) < 4.78 is 2.00. The Balaban J connectivity index is 1.67. The van der Waals surface area contributed by atoms with Crippen LogP contribution in [0.1, 0.15) is 42.9 Å². The van der Waals surface area contributed by atoms with Crippen molar-refractivity contribution in [2.45, 2.75) is 49.2 Å². The zero-order valence-electron chi connectivity index (χ0n) is 11.4. The highest BCUT2D eigenvalue weighted by atomic mass is 32.2. The summed E-state index contributed by atoms with van der Waals surface area (Å²) in [5.74, 6) is 0.876. The second kappa shape index (κ2) is 6.37. The molecule has 2 N–H and O–H groups in total. The van der Waals surface area contributed by atoms with Crippen molar-refractivity contribution in [1.82, 2.24) is 20.2 Å². The van der Waals surface area contributed by atoms with Crippen molar-refractivity contribution < 1.29 is 0 Å². The normalized spacial score (nSPS) is 15.8. The average molecular weight is 289 g/mol. The van der Waals surface area contributed by atoms with E-state index in [9.17, 15) is 0 Å². The number of thioether (sulfide) groups is 1. The second-order valence-corrected chi connectivity index (χ2v) is 6.10. The van der Waals surface area contributed by atoms with Crippen molar-refractivity contribution >= 4 is 11.8 Å². The molecule has 3 rings (SSSR count). The Hall–Kier alpha value is -1.40. The molecule has 1 aliphatic rings. The predicted octanol–water partition coefficient (Wildman–Crippen LogP) is 2.54. The van der Waals surface area contributed by atoms with Gasteiger partial charge in [0.05, 0.1) is 6.04 Å². The number of rotatable bonds is 5. The van der Waals surface area contributed by atoms with E-state index in [0.717, 1.165) is 10.9 Å². The Kier molecular flexibility index (Phi) is 4.32. The van der Waals surface area contributed by atoms with Crippen molar-refractivity contribution in [1.29, 1.82) is 0 Å². The fourth-order valence-corrected chi connectivity index (χ4v) is 3.54. The Labute approximate surface area is 122 Å². The number of nitrogens with two attached hydrogens (primary N) is 1. The fourth-order valence-electron chi connectivity index (χ4n) is 2.65. The standard InChI is InChI=1S/C14H19N5S/c15-9-11-4-3-5-12(8-11)10-20-14-16-17-18-19(14)13-6-1-2-7-13/h3-5,8,13H,1-2,6-7,9-10,15H2. The molecule has 20 heavy (non-hydrogen) atoms. The van der Waals surface area contributed by atoms with Gasteiger partial charge in [0, 0.05) is 12.3 Å². The summed E-state index contributed by atoms with van der Waals surface area (Å²) in [6.45, 7) is 0.582. The zero-order chi connectivity index (χ0) is 13.8. The molecule has 1 aromatic carbocycles. The molecular formula is C14H19N5S. The minimum atomic E-state index is 0.489. The van der Waals surface area contributed by atoms with Crippen LogP contribution in [0, 0.1) is 0 Å². The average Bonchev–Trinajstić information content (AvgIpc) is 3.16. The molecule has 0 saturated heterocycles. The zero-order valence-corrected chi connectivity index (χ0v) is 12.2. The van der Waals surface area contributed by atoms with Crippen molar-refractivity contribution in [2.24, 2.45) is 5.73 Å². The third-order valence-electron chi connectivity index (χ3n) is 3.73. The molecule has 6 heteroatoms. The summed E-state index contributed by atoms with van der Waals surface area (Å²) in [6, 6.07) is 8.87. The summed E-state index contributed by atoms with van der Waals surface area (Å²) in [7, 11) is 0. The van der Waals surface area contributed by atoms with Crippen molar-refractivity contribution in [2.75, 3.05) is 0 Å². The molecule has 1 aromatic heterocycles. The van der Waals surface area contributed by atoms with Crippen LogP contribution in [-0.2, 0) is 12.3 Å². The van der Waals surface area contributed by atoms with Gasteiger partial charge < -0.3 is 5.73 Å². The Morgan fingerprint density at radius 2 is 2.05 bits per heavy atom. The first-order chi connectivity index (χ1) is 9.86. The van der Waals surface area contributed by atoms with Gasteiger partial charge in [-0.05, 0) is 34.4 Å². The van der Waals surface area contributed by atoms with Crippen molar-refractivity contribution in [3.05, 3.63) is 35.4 Å². The molecule has 0 radical (unpaired) electrons. The molecule has 0 unspecified atom stereocenters. The van der Waals surface area contributed by atoms with Crippen molar-refractivity contribution in [3.8, 4) is 0 Å². The van der Waals surface area contributed by atoms with Crippen molar-refractivity contribution in [3.63, 3.8) is 0 Å². The van der Waals surface area contributed by atoms with Crippen LogP contribution in [0.15, 0.2) is 29.4 Å². The lowest BCUT2D eigenvalue weighted by Crippen LogP contribution is -2.08. The van der Waals surface area contributed by atoms with E-state index in [1.807, 2.05) is 4.68 Å². The molecule has 0 amide bonds. The maximum Gasteiger partial charge on any atom is 0.209 e. The van der Waals surface area contributed by atoms with Gasteiger partial charge in [-0.25, -0.2) is 4.68 Å². The molecule has 1 saturated carbocycles. The highest BCUT2D eigenvalue weighted by Crippen LogP contribution is 2.32. The molecule has 0 atom stereocenters. The lowest BCUT2D eigenvalue weighted by molar-refractivity contribution is 0.423. The maximum atomic E-state index is 5.67. The molecule has 0 bridgehead atoms. The van der Waals surface area contributed by atoms with Crippen LogP contribution in [0.25, 0.3) is 0 Å². The number of hydrogen-bond donors (Lipinski definition) is 1. The number of aromatic nitrogens is 4. The van der Waals surface area contributed by atoms with E-state index in [1.165, 1.54) is 36.8 Å². The number of hydrogen-bond acceptors (Lipinski definition) is 5. The Morgan fingerprint density at radius 1 is 1.25 bits per heavy atom. The first-order valence-electron chi connectivity index (χ1n) is 7.05. The van der Waals surface area contributed by atoms with Crippen LogP contribution in [0.4, 0.5) is 0 Å². The molecule has 1 aliphatic carbocycles. The third-order valence-corrected chi connectivity index (χ3v) is 4.73. The molecular weight excluding hydrogens is 270 g/mol. The van der Waals surface area contributed by atoms with Crippen LogP contribution in [0.3, 0.4) is 0 Å². The second-order valence-electron chi connectivity index (χ2n) is 5.16. The Bertz CT molecular complexity index is 562. The molecule has 1 heterocycles. The van der Waals surface area contributed by atoms with Gasteiger partial charge in [-0.1, -0.05) is 48.9 Å². The van der Waals surface area contributed by atoms with E-state index in [1.54, 1.807) is 11.8 Å². The smallest absolute Gasteiger partial charge is 0.209 e. The van der Waals surface area contributed by atoms with Crippen LogP contribution in [0.2, 0.25) is 0 Å². The third kappa shape index (κ3) is 3.02. The van der Waals surface area contributed by atoms with E-state index in [4.69, 9.17) is 5.73 Å². The van der Waals surface area contributed by atoms with Crippen LogP contribution < -0.4 is 5.73 Å². The number of benzene rings is 1. The maximum absolute atomic E-state index is 5.67. The highest BCUT2D eigenvalue weighted by molar-refractivity contribution is 7.98. The Morgan fingerprint density at radius 3 is 2.85 bits per heavy atom. The number of nitrogens with zero attached hydrogens (tertiary/aromatic N) is 4. The van der Waals surface area contributed by atoms with E-state index in [2.05, 4.69) is 39.8 Å². The van der Waals surface area contributed by atoms with Gasteiger partial charge in [0.2, 0.25) is 5.16 Å². The molecule has 1 fully saturated rings. The van der Waals surface area contributed by atoms with Gasteiger partial charge in [-0.3, -0.25) is 0 Å². The molecule has 0 aliphatic heterocycles. The van der Waals surface area contributed by atoms with Gasteiger partial charge in [0.15, 0.2) is 0 Å². The lowest BCUT2D eigenvalue weighted by atomic mass is 10.1. The monoisotopic (exact) mass is 289 g/mol. The van der Waals surface area contributed by atoms with E-state index in [-0.39, 0.29) is 0 Å². The first kappa shape index (κ1) is 13.6. The highest BCUT2D eigenvalue weighted by Gasteiger charge is 2.21. The van der Waals surface area contributed by atoms with E-state index >= 15 is 0 Å². The summed E-state index contributed by atoms with van der Waals surface area (Å²) in [5.41, 5.74) is 8.10. The molecule has 0 spiro atoms. The number of tetrazole rings is 1. The quantitative estimate of drug-likeness (QED) is 0.857. The van der Waals surface area contributed by atoms with Crippen LogP contribution in [0.5, 0.6) is 0 Å². The minimum absolute atomic E-state index is 0.489. The molecule has 2 aromatic rings. The largest absolute Gasteiger partial charge is 0.326 e. The summed E-state index contributed by atoms with van der Waals surface area (Å²) >= 11 is 1.70. The van der Waals surface area contributed by atoms with E-state index in [0.29, 0.717) is 12.6 Å². The molecule has 106 valence electrons. The summed E-state index contributed by atoms with van der Waals surface area (Å²) in [4.78, 5) is 0. The fraction of sp³-hybridized carbons (Fsp3) is 0.500. The van der Waals surface area contributed by atoms with Crippen LogP contribution in [-0.4, -0.2) is 20.2 Å². The first-order valence-corrected chi connectivity index (χ1v) is 8.04. The van der Waals surface area contributed by atoms with Crippen LogP contribution >= 0.6 is 11.8 Å². The van der Waals surface area contributed by atoms with Gasteiger partial charge in [0.25, 0.3) is 0 Å².